The molecule has 4 nitrogen and oxygen atoms in total. The molecule has 6 heteroatoms. The number of hydrogen-bond donors (Lipinski definition) is 2. The van der Waals surface area contributed by atoms with Crippen LogP contribution in [0.1, 0.15) is 0 Å². The lowest BCUT2D eigenvalue weighted by Crippen LogP contribution is -2.31. The molecule has 0 bridgehead atoms. The minimum atomic E-state index is -3.09. The van der Waals surface area contributed by atoms with Gasteiger partial charge in [-0.1, -0.05) is 0 Å². The lowest BCUT2D eigenvalue weighted by atomic mass is 10.8. The van der Waals surface area contributed by atoms with Crippen molar-refractivity contribution >= 4 is 21.8 Å². The zero-order valence-electron chi connectivity index (χ0n) is 6.54. The SMILES string of the molecule is CSCCNS(=O)(=O)CCN. The maximum atomic E-state index is 10.9. The molecule has 0 aromatic carbocycles. The third-order valence-corrected chi connectivity index (χ3v) is 3.04. The fourth-order valence-electron chi connectivity index (χ4n) is 0.527. The molecular formula is C5H14N2O2S2. The Balaban J connectivity index is 3.56. The predicted molar refractivity (Wildman–Crippen MR) is 49.2 cm³/mol. The van der Waals surface area contributed by atoms with E-state index in [2.05, 4.69) is 4.72 Å². The van der Waals surface area contributed by atoms with Crippen molar-refractivity contribution in [1.82, 2.24) is 4.72 Å². The van der Waals surface area contributed by atoms with Crippen LogP contribution in [0, 0.1) is 0 Å². The second kappa shape index (κ2) is 5.82. The summed E-state index contributed by atoms with van der Waals surface area (Å²) in [7, 11) is -3.09. The monoisotopic (exact) mass is 198 g/mol. The van der Waals surface area contributed by atoms with Crippen LogP contribution in [0.5, 0.6) is 0 Å². The zero-order valence-corrected chi connectivity index (χ0v) is 8.17. The highest BCUT2D eigenvalue weighted by Crippen LogP contribution is 1.89. The van der Waals surface area contributed by atoms with Gasteiger partial charge in [0.2, 0.25) is 10.0 Å². The second-order valence-electron chi connectivity index (χ2n) is 1.99. The van der Waals surface area contributed by atoms with Gasteiger partial charge in [0, 0.05) is 18.8 Å². The molecule has 0 unspecified atom stereocenters. The first-order chi connectivity index (χ1) is 5.12. The van der Waals surface area contributed by atoms with E-state index in [1.54, 1.807) is 11.8 Å². The van der Waals surface area contributed by atoms with Crippen molar-refractivity contribution in [1.29, 1.82) is 0 Å². The Kier molecular flexibility index (Phi) is 5.93. The predicted octanol–water partition coefficient (Wildman–Crippen LogP) is -0.772. The van der Waals surface area contributed by atoms with Crippen molar-refractivity contribution in [3.05, 3.63) is 0 Å². The maximum absolute atomic E-state index is 10.9. The fraction of sp³-hybridized carbons (Fsp3) is 1.00. The van der Waals surface area contributed by atoms with Crippen LogP contribution < -0.4 is 10.5 Å². The minimum absolute atomic E-state index is 0.0153. The zero-order chi connectivity index (χ0) is 8.74. The van der Waals surface area contributed by atoms with Gasteiger partial charge < -0.3 is 5.73 Å². The summed E-state index contributed by atoms with van der Waals surface area (Å²) in [5.74, 6) is 0.811. The molecule has 0 aliphatic carbocycles. The first-order valence-electron chi connectivity index (χ1n) is 3.28. The first-order valence-corrected chi connectivity index (χ1v) is 6.33. The van der Waals surface area contributed by atoms with E-state index in [0.717, 1.165) is 5.75 Å². The van der Waals surface area contributed by atoms with E-state index in [1.165, 1.54) is 0 Å². The molecule has 0 amide bonds. The van der Waals surface area contributed by atoms with E-state index in [0.29, 0.717) is 6.54 Å². The molecule has 0 radical (unpaired) electrons. The summed E-state index contributed by atoms with van der Waals surface area (Å²) in [5, 5.41) is 0. The summed E-state index contributed by atoms with van der Waals surface area (Å²) in [6.45, 7) is 0.665. The summed E-state index contributed by atoms with van der Waals surface area (Å²) < 4.78 is 24.2. The quantitative estimate of drug-likeness (QED) is 0.550. The second-order valence-corrected chi connectivity index (χ2v) is 4.91. The Morgan fingerprint density at radius 2 is 2.18 bits per heavy atom. The molecule has 0 spiro atoms. The summed E-state index contributed by atoms with van der Waals surface area (Å²) in [6, 6.07) is 0. The highest BCUT2D eigenvalue weighted by molar-refractivity contribution is 7.98. The minimum Gasteiger partial charge on any atom is -0.329 e. The number of nitrogens with two attached hydrogens (primary N) is 1. The van der Waals surface area contributed by atoms with E-state index >= 15 is 0 Å². The number of sulfonamides is 1. The van der Waals surface area contributed by atoms with Crippen LogP contribution in [0.15, 0.2) is 0 Å². The van der Waals surface area contributed by atoms with Gasteiger partial charge in [0.05, 0.1) is 5.75 Å². The van der Waals surface area contributed by atoms with Gasteiger partial charge in [-0.25, -0.2) is 13.1 Å². The lowest BCUT2D eigenvalue weighted by Gasteiger charge is -2.02. The van der Waals surface area contributed by atoms with Crippen LogP contribution in [0.3, 0.4) is 0 Å². The Hall–Kier alpha value is 0.220. The van der Waals surface area contributed by atoms with E-state index < -0.39 is 10.0 Å². The molecule has 0 heterocycles. The van der Waals surface area contributed by atoms with Crippen molar-refractivity contribution < 1.29 is 8.42 Å². The van der Waals surface area contributed by atoms with Crippen molar-refractivity contribution in [2.24, 2.45) is 5.73 Å². The van der Waals surface area contributed by atoms with E-state index in [4.69, 9.17) is 5.73 Å². The van der Waals surface area contributed by atoms with Gasteiger partial charge in [0.15, 0.2) is 0 Å². The first kappa shape index (κ1) is 11.2. The largest absolute Gasteiger partial charge is 0.329 e. The number of nitrogens with one attached hydrogen (secondary N) is 1. The Labute approximate surface area is 72.0 Å². The third-order valence-electron chi connectivity index (χ3n) is 1.01. The molecule has 0 saturated heterocycles. The Morgan fingerprint density at radius 3 is 2.64 bits per heavy atom. The summed E-state index contributed by atoms with van der Waals surface area (Å²) in [4.78, 5) is 0. The maximum Gasteiger partial charge on any atom is 0.212 e. The van der Waals surface area contributed by atoms with Gasteiger partial charge in [-0.15, -0.1) is 0 Å². The molecule has 0 saturated carbocycles. The molecule has 68 valence electrons. The van der Waals surface area contributed by atoms with Crippen molar-refractivity contribution in [3.8, 4) is 0 Å². The number of thioether (sulfide) groups is 1. The number of hydrogen-bond acceptors (Lipinski definition) is 4. The van der Waals surface area contributed by atoms with E-state index in [9.17, 15) is 8.42 Å². The molecule has 0 aromatic heterocycles. The van der Waals surface area contributed by atoms with Gasteiger partial charge in [0.25, 0.3) is 0 Å². The summed E-state index contributed by atoms with van der Waals surface area (Å²) in [5.41, 5.74) is 5.09. The smallest absolute Gasteiger partial charge is 0.212 e. The molecular weight excluding hydrogens is 184 g/mol. The van der Waals surface area contributed by atoms with Gasteiger partial charge >= 0.3 is 0 Å². The van der Waals surface area contributed by atoms with Crippen LogP contribution in [-0.4, -0.2) is 39.3 Å². The van der Waals surface area contributed by atoms with Gasteiger partial charge in [-0.05, 0) is 6.26 Å². The molecule has 11 heavy (non-hydrogen) atoms. The third kappa shape index (κ3) is 6.61. The highest BCUT2D eigenvalue weighted by atomic mass is 32.2. The fourth-order valence-corrected chi connectivity index (χ4v) is 1.83. The lowest BCUT2D eigenvalue weighted by molar-refractivity contribution is 0.584. The van der Waals surface area contributed by atoms with Gasteiger partial charge in [-0.2, -0.15) is 11.8 Å². The van der Waals surface area contributed by atoms with Crippen molar-refractivity contribution in [2.45, 2.75) is 0 Å². The molecule has 3 N–H and O–H groups in total. The van der Waals surface area contributed by atoms with Gasteiger partial charge in [0.1, 0.15) is 0 Å². The van der Waals surface area contributed by atoms with E-state index in [-0.39, 0.29) is 12.3 Å². The standard InChI is InChI=1S/C5H14N2O2S2/c1-10-4-3-7-11(8,9)5-2-6/h7H,2-6H2,1H3. The number of rotatable bonds is 6. The van der Waals surface area contributed by atoms with E-state index in [1.807, 2.05) is 6.26 Å². The highest BCUT2D eigenvalue weighted by Gasteiger charge is 2.05. The molecule has 0 aromatic rings. The molecule has 0 atom stereocenters. The topological polar surface area (TPSA) is 72.2 Å². The molecule has 0 rings (SSSR count). The van der Waals surface area contributed by atoms with Crippen molar-refractivity contribution in [3.63, 3.8) is 0 Å². The Bertz CT molecular complexity index is 179. The normalized spacial score (nSPS) is 11.8. The molecule has 0 fully saturated rings. The Morgan fingerprint density at radius 1 is 1.55 bits per heavy atom. The summed E-state index contributed by atoms with van der Waals surface area (Å²) >= 11 is 1.60. The summed E-state index contributed by atoms with van der Waals surface area (Å²) in [6.07, 6.45) is 1.93. The van der Waals surface area contributed by atoms with Gasteiger partial charge in [-0.3, -0.25) is 0 Å². The molecule has 0 aliphatic heterocycles. The van der Waals surface area contributed by atoms with Crippen LogP contribution in [-0.2, 0) is 10.0 Å². The average molecular weight is 198 g/mol. The van der Waals surface area contributed by atoms with Crippen LogP contribution in [0.4, 0.5) is 0 Å². The van der Waals surface area contributed by atoms with Crippen LogP contribution in [0.2, 0.25) is 0 Å². The van der Waals surface area contributed by atoms with Crippen LogP contribution in [0.25, 0.3) is 0 Å². The average Bonchev–Trinajstić information content (AvgIpc) is 1.87. The van der Waals surface area contributed by atoms with Crippen molar-refractivity contribution in [2.75, 3.05) is 30.9 Å². The van der Waals surface area contributed by atoms with Crippen LogP contribution >= 0.6 is 11.8 Å². The molecule has 0 aliphatic rings.